The Morgan fingerprint density at radius 2 is 2.11 bits per heavy atom. The molecular formula is C20H21NO6S. The number of thiophene rings is 1. The molecule has 0 spiro atoms. The molecule has 0 aliphatic carbocycles. The monoisotopic (exact) mass is 403 g/mol. The first-order valence-electron chi connectivity index (χ1n) is 8.64. The molecule has 7 nitrogen and oxygen atoms in total. The third kappa shape index (κ3) is 5.04. The van der Waals surface area contributed by atoms with Crippen molar-refractivity contribution >= 4 is 29.3 Å². The summed E-state index contributed by atoms with van der Waals surface area (Å²) in [5.74, 6) is 0.757. The second kappa shape index (κ2) is 9.27. The topological polar surface area (TPSA) is 74.3 Å². The normalized spacial score (nSPS) is 12.6. The van der Waals surface area contributed by atoms with E-state index in [1.165, 1.54) is 18.1 Å². The average molecular weight is 403 g/mol. The summed E-state index contributed by atoms with van der Waals surface area (Å²) in [7, 11) is 3.21. The van der Waals surface area contributed by atoms with Crippen LogP contribution in [0.5, 0.6) is 17.2 Å². The molecule has 2 aromatic rings. The maximum absolute atomic E-state index is 12.1. The van der Waals surface area contributed by atoms with Crippen LogP contribution in [-0.2, 0) is 20.9 Å². The Hall–Kier alpha value is -3.00. The zero-order chi connectivity index (χ0) is 19.9. The molecule has 2 heterocycles. The molecule has 8 heteroatoms. The first-order chi connectivity index (χ1) is 13.6. The summed E-state index contributed by atoms with van der Waals surface area (Å²) in [6, 6.07) is 5.43. The molecule has 1 amide bonds. The van der Waals surface area contributed by atoms with Crippen molar-refractivity contribution in [3.05, 3.63) is 46.2 Å². The highest BCUT2D eigenvalue weighted by Gasteiger charge is 2.18. The first-order valence-corrected chi connectivity index (χ1v) is 9.58. The highest BCUT2D eigenvalue weighted by Crippen LogP contribution is 2.40. The molecule has 1 aromatic carbocycles. The van der Waals surface area contributed by atoms with Crippen LogP contribution in [0.1, 0.15) is 11.1 Å². The van der Waals surface area contributed by atoms with Crippen molar-refractivity contribution in [1.82, 2.24) is 4.90 Å². The van der Waals surface area contributed by atoms with E-state index in [2.05, 4.69) is 0 Å². The average Bonchev–Trinajstić information content (AvgIpc) is 3.22. The third-order valence-electron chi connectivity index (χ3n) is 4.03. The number of methoxy groups -OCH3 is 1. The summed E-state index contributed by atoms with van der Waals surface area (Å²) in [4.78, 5) is 25.5. The van der Waals surface area contributed by atoms with Crippen molar-refractivity contribution in [2.75, 3.05) is 34.0 Å². The van der Waals surface area contributed by atoms with Crippen LogP contribution < -0.4 is 14.2 Å². The number of amides is 1. The number of carbonyl (C=O) groups excluding carboxylic acids is 2. The lowest BCUT2D eigenvalue weighted by Gasteiger charge is -2.20. The van der Waals surface area contributed by atoms with Gasteiger partial charge in [-0.3, -0.25) is 4.79 Å². The summed E-state index contributed by atoms with van der Waals surface area (Å²) in [5.41, 5.74) is 1.73. The Kier molecular flexibility index (Phi) is 6.54. The minimum Gasteiger partial charge on any atom is -0.493 e. The maximum atomic E-state index is 12.1. The van der Waals surface area contributed by atoms with Gasteiger partial charge in [0.05, 0.1) is 7.11 Å². The number of hydrogen-bond donors (Lipinski definition) is 0. The molecule has 0 unspecified atom stereocenters. The van der Waals surface area contributed by atoms with Crippen molar-refractivity contribution < 1.29 is 28.5 Å². The van der Waals surface area contributed by atoms with Gasteiger partial charge >= 0.3 is 5.97 Å². The summed E-state index contributed by atoms with van der Waals surface area (Å²) < 4.78 is 21.4. The number of benzene rings is 1. The minimum atomic E-state index is -0.605. The van der Waals surface area contributed by atoms with Crippen LogP contribution >= 0.6 is 11.3 Å². The van der Waals surface area contributed by atoms with Crippen molar-refractivity contribution in [1.29, 1.82) is 0 Å². The number of carbonyl (C=O) groups is 2. The van der Waals surface area contributed by atoms with E-state index >= 15 is 0 Å². The highest BCUT2D eigenvalue weighted by atomic mass is 32.1. The van der Waals surface area contributed by atoms with Gasteiger partial charge in [0.1, 0.15) is 13.2 Å². The third-order valence-corrected chi connectivity index (χ3v) is 4.76. The van der Waals surface area contributed by atoms with Crippen LogP contribution in [0.15, 0.2) is 35.0 Å². The quantitative estimate of drug-likeness (QED) is 0.523. The van der Waals surface area contributed by atoms with Crippen LogP contribution in [0.3, 0.4) is 0 Å². The van der Waals surface area contributed by atoms with E-state index in [1.807, 2.05) is 16.8 Å². The Bertz CT molecular complexity index is 845. The summed E-state index contributed by atoms with van der Waals surface area (Å²) in [5, 5.41) is 3.92. The van der Waals surface area contributed by atoms with Crippen LogP contribution in [0.2, 0.25) is 0 Å². The molecule has 1 aromatic heterocycles. The fourth-order valence-electron chi connectivity index (χ4n) is 2.59. The van der Waals surface area contributed by atoms with E-state index in [-0.39, 0.29) is 12.5 Å². The zero-order valence-electron chi connectivity index (χ0n) is 15.7. The molecule has 148 valence electrons. The van der Waals surface area contributed by atoms with Crippen molar-refractivity contribution in [2.45, 2.75) is 6.54 Å². The van der Waals surface area contributed by atoms with Gasteiger partial charge in [0.2, 0.25) is 5.75 Å². The lowest BCUT2D eigenvalue weighted by Crippen LogP contribution is -2.30. The molecule has 28 heavy (non-hydrogen) atoms. The van der Waals surface area contributed by atoms with E-state index in [9.17, 15) is 9.59 Å². The Labute approximate surface area is 167 Å². The number of likely N-dealkylation sites (N-methyl/N-ethyl adjacent to an activating group) is 1. The van der Waals surface area contributed by atoms with Gasteiger partial charge in [-0.1, -0.05) is 0 Å². The molecule has 0 saturated heterocycles. The molecule has 0 bridgehead atoms. The van der Waals surface area contributed by atoms with Gasteiger partial charge < -0.3 is 23.8 Å². The Morgan fingerprint density at radius 1 is 1.29 bits per heavy atom. The lowest BCUT2D eigenvalue weighted by molar-refractivity contribution is -0.147. The van der Waals surface area contributed by atoms with E-state index in [0.29, 0.717) is 42.6 Å². The smallest absolute Gasteiger partial charge is 0.331 e. The lowest BCUT2D eigenvalue weighted by atomic mass is 10.1. The molecule has 0 atom stereocenters. The van der Waals surface area contributed by atoms with Gasteiger partial charge in [-0.05, 0) is 46.2 Å². The summed E-state index contributed by atoms with van der Waals surface area (Å²) in [6.45, 7) is 1.08. The fourth-order valence-corrected chi connectivity index (χ4v) is 3.25. The number of fused-ring (bicyclic) bond motifs is 1. The molecule has 0 saturated carbocycles. The SMILES string of the molecule is COc1cc(/C=C/C(=O)OCC(=O)N(C)Cc2ccsc2)cc2c1OCCO2. The standard InChI is InChI=1S/C20H21NO6S/c1-21(11-15-5-8-28-13-15)18(22)12-27-19(23)4-3-14-9-16(24-2)20-17(10-14)25-6-7-26-20/h3-5,8-10,13H,6-7,11-12H2,1-2H3/b4-3+. The van der Waals surface area contributed by atoms with Gasteiger partial charge in [-0.25, -0.2) is 4.79 Å². The summed E-state index contributed by atoms with van der Waals surface area (Å²) >= 11 is 1.57. The van der Waals surface area contributed by atoms with Crippen molar-refractivity contribution in [3.63, 3.8) is 0 Å². The second-order valence-electron chi connectivity index (χ2n) is 6.07. The predicted octanol–water partition coefficient (Wildman–Crippen LogP) is 2.74. The molecule has 0 fully saturated rings. The molecule has 0 radical (unpaired) electrons. The molecule has 1 aliphatic rings. The van der Waals surface area contributed by atoms with Gasteiger partial charge in [0.25, 0.3) is 5.91 Å². The Balaban J connectivity index is 1.54. The van der Waals surface area contributed by atoms with Crippen LogP contribution in [-0.4, -0.2) is 50.8 Å². The van der Waals surface area contributed by atoms with Crippen LogP contribution in [0, 0.1) is 0 Å². The van der Waals surface area contributed by atoms with Crippen LogP contribution in [0.4, 0.5) is 0 Å². The van der Waals surface area contributed by atoms with Crippen molar-refractivity contribution in [2.24, 2.45) is 0 Å². The van der Waals surface area contributed by atoms with E-state index < -0.39 is 5.97 Å². The predicted molar refractivity (Wildman–Crippen MR) is 105 cm³/mol. The highest BCUT2D eigenvalue weighted by molar-refractivity contribution is 7.07. The zero-order valence-corrected chi connectivity index (χ0v) is 16.5. The second-order valence-corrected chi connectivity index (χ2v) is 6.85. The molecule has 3 rings (SSSR count). The fraction of sp³-hybridized carbons (Fsp3) is 0.300. The van der Waals surface area contributed by atoms with Crippen LogP contribution in [0.25, 0.3) is 6.08 Å². The summed E-state index contributed by atoms with van der Waals surface area (Å²) in [6.07, 6.45) is 2.83. The minimum absolute atomic E-state index is 0.269. The maximum Gasteiger partial charge on any atom is 0.331 e. The largest absolute Gasteiger partial charge is 0.493 e. The molecular weight excluding hydrogens is 382 g/mol. The first kappa shape index (κ1) is 19.8. The van der Waals surface area contributed by atoms with Gasteiger partial charge in [-0.15, -0.1) is 0 Å². The number of hydrogen-bond acceptors (Lipinski definition) is 7. The van der Waals surface area contributed by atoms with Gasteiger partial charge in [-0.2, -0.15) is 11.3 Å². The van der Waals surface area contributed by atoms with Crippen molar-refractivity contribution in [3.8, 4) is 17.2 Å². The van der Waals surface area contributed by atoms with E-state index in [1.54, 1.807) is 36.6 Å². The van der Waals surface area contributed by atoms with E-state index in [4.69, 9.17) is 18.9 Å². The van der Waals surface area contributed by atoms with Gasteiger partial charge in [0.15, 0.2) is 18.1 Å². The number of nitrogens with zero attached hydrogens (tertiary/aromatic N) is 1. The number of rotatable bonds is 7. The number of ether oxygens (including phenoxy) is 4. The van der Waals surface area contributed by atoms with E-state index in [0.717, 1.165) is 5.56 Å². The number of esters is 1. The molecule has 1 aliphatic heterocycles. The van der Waals surface area contributed by atoms with Gasteiger partial charge in [0, 0.05) is 19.7 Å². The Morgan fingerprint density at radius 3 is 2.86 bits per heavy atom. The molecule has 0 N–H and O–H groups in total.